The lowest BCUT2D eigenvalue weighted by molar-refractivity contribution is 0.493. The summed E-state index contributed by atoms with van der Waals surface area (Å²) >= 11 is 0. The first-order valence-electron chi connectivity index (χ1n) is 6.86. The SMILES string of the molecule is Cc1nc(-c2ccc(NC(C)C3(C)CC3)cc2)co1. The molecule has 1 aromatic heterocycles. The molecule has 1 aliphatic carbocycles. The normalized spacial score (nSPS) is 18.1. The zero-order valence-corrected chi connectivity index (χ0v) is 11.7. The van der Waals surface area contributed by atoms with Gasteiger partial charge in [-0.1, -0.05) is 19.1 Å². The van der Waals surface area contributed by atoms with Gasteiger partial charge in [-0.2, -0.15) is 0 Å². The number of benzene rings is 1. The van der Waals surface area contributed by atoms with E-state index in [2.05, 4.69) is 48.4 Å². The zero-order chi connectivity index (χ0) is 13.5. The minimum Gasteiger partial charge on any atom is -0.449 e. The van der Waals surface area contributed by atoms with Gasteiger partial charge in [-0.15, -0.1) is 0 Å². The molecular weight excluding hydrogens is 236 g/mol. The second kappa shape index (κ2) is 4.41. The van der Waals surface area contributed by atoms with E-state index in [9.17, 15) is 0 Å². The van der Waals surface area contributed by atoms with Gasteiger partial charge in [0.1, 0.15) is 12.0 Å². The summed E-state index contributed by atoms with van der Waals surface area (Å²) in [4.78, 5) is 4.33. The summed E-state index contributed by atoms with van der Waals surface area (Å²) in [5.41, 5.74) is 3.64. The molecule has 3 rings (SSSR count). The highest BCUT2D eigenvalue weighted by molar-refractivity contribution is 5.62. The third-order valence-electron chi connectivity index (χ3n) is 4.27. The maximum absolute atomic E-state index is 5.24. The maximum Gasteiger partial charge on any atom is 0.191 e. The van der Waals surface area contributed by atoms with Crippen molar-refractivity contribution >= 4 is 5.69 Å². The molecule has 0 bridgehead atoms. The molecule has 1 aromatic carbocycles. The van der Waals surface area contributed by atoms with Crippen molar-refractivity contribution in [3.05, 3.63) is 36.4 Å². The summed E-state index contributed by atoms with van der Waals surface area (Å²) in [7, 11) is 0. The van der Waals surface area contributed by atoms with Gasteiger partial charge in [-0.05, 0) is 37.3 Å². The Morgan fingerprint density at radius 1 is 1.26 bits per heavy atom. The van der Waals surface area contributed by atoms with Crippen molar-refractivity contribution in [3.63, 3.8) is 0 Å². The molecule has 3 nitrogen and oxygen atoms in total. The number of aryl methyl sites for hydroxylation is 1. The minimum atomic E-state index is 0.488. The van der Waals surface area contributed by atoms with Gasteiger partial charge in [0, 0.05) is 24.2 Å². The molecule has 19 heavy (non-hydrogen) atoms. The van der Waals surface area contributed by atoms with Crippen LogP contribution in [0.25, 0.3) is 11.3 Å². The molecule has 1 unspecified atom stereocenters. The van der Waals surface area contributed by atoms with E-state index in [0.29, 0.717) is 17.3 Å². The van der Waals surface area contributed by atoms with Gasteiger partial charge >= 0.3 is 0 Å². The highest BCUT2D eigenvalue weighted by Gasteiger charge is 2.42. The van der Waals surface area contributed by atoms with Crippen LogP contribution in [0.2, 0.25) is 0 Å². The number of oxazole rings is 1. The lowest BCUT2D eigenvalue weighted by Crippen LogP contribution is -2.24. The van der Waals surface area contributed by atoms with Crippen molar-refractivity contribution in [2.75, 3.05) is 5.32 Å². The molecule has 3 heteroatoms. The van der Waals surface area contributed by atoms with Crippen molar-refractivity contribution in [2.45, 2.75) is 39.7 Å². The van der Waals surface area contributed by atoms with Gasteiger partial charge in [-0.3, -0.25) is 0 Å². The summed E-state index contributed by atoms with van der Waals surface area (Å²) in [5.74, 6) is 0.701. The van der Waals surface area contributed by atoms with E-state index in [1.807, 2.05) is 6.92 Å². The molecule has 1 aliphatic rings. The van der Waals surface area contributed by atoms with Gasteiger partial charge < -0.3 is 9.73 Å². The van der Waals surface area contributed by atoms with E-state index in [1.165, 1.54) is 18.5 Å². The monoisotopic (exact) mass is 256 g/mol. The molecule has 0 amide bonds. The smallest absolute Gasteiger partial charge is 0.191 e. The molecule has 0 saturated heterocycles. The fourth-order valence-electron chi connectivity index (χ4n) is 2.29. The van der Waals surface area contributed by atoms with Crippen LogP contribution in [-0.4, -0.2) is 11.0 Å². The van der Waals surface area contributed by atoms with Crippen LogP contribution in [0, 0.1) is 12.3 Å². The fraction of sp³-hybridized carbons (Fsp3) is 0.438. The molecule has 1 heterocycles. The standard InChI is InChI=1S/C16H20N2O/c1-11(16(3)8-9-16)17-14-6-4-13(5-7-14)15-10-19-12(2)18-15/h4-7,10-11,17H,8-9H2,1-3H3. The second-order valence-corrected chi connectivity index (χ2v) is 5.85. The topological polar surface area (TPSA) is 38.1 Å². The Kier molecular flexibility index (Phi) is 2.85. The highest BCUT2D eigenvalue weighted by atomic mass is 16.3. The average Bonchev–Trinajstić information content (AvgIpc) is 3.01. The van der Waals surface area contributed by atoms with E-state index >= 15 is 0 Å². The Bertz CT molecular complexity index is 567. The molecule has 1 atom stereocenters. The molecule has 1 fully saturated rings. The van der Waals surface area contributed by atoms with Crippen molar-refractivity contribution < 1.29 is 4.42 Å². The number of anilines is 1. The van der Waals surface area contributed by atoms with Crippen LogP contribution >= 0.6 is 0 Å². The highest BCUT2D eigenvalue weighted by Crippen LogP contribution is 2.48. The first-order chi connectivity index (χ1) is 9.07. The lowest BCUT2D eigenvalue weighted by Gasteiger charge is -2.21. The molecule has 1 saturated carbocycles. The third kappa shape index (κ3) is 2.50. The first kappa shape index (κ1) is 12.3. The average molecular weight is 256 g/mol. The first-order valence-corrected chi connectivity index (χ1v) is 6.86. The molecule has 0 spiro atoms. The van der Waals surface area contributed by atoms with E-state index in [-0.39, 0.29) is 0 Å². The number of nitrogens with zero attached hydrogens (tertiary/aromatic N) is 1. The Balaban J connectivity index is 1.72. The summed E-state index contributed by atoms with van der Waals surface area (Å²) in [5, 5.41) is 3.58. The van der Waals surface area contributed by atoms with Crippen molar-refractivity contribution in [3.8, 4) is 11.3 Å². The lowest BCUT2D eigenvalue weighted by atomic mass is 10.0. The molecule has 100 valence electrons. The van der Waals surface area contributed by atoms with E-state index in [4.69, 9.17) is 4.42 Å². The van der Waals surface area contributed by atoms with Crippen molar-refractivity contribution in [2.24, 2.45) is 5.41 Å². The maximum atomic E-state index is 5.24. The van der Waals surface area contributed by atoms with Crippen LogP contribution in [0.5, 0.6) is 0 Å². The summed E-state index contributed by atoms with van der Waals surface area (Å²) in [6, 6.07) is 8.92. The molecular formula is C16H20N2O. The number of nitrogens with one attached hydrogen (secondary N) is 1. The Morgan fingerprint density at radius 3 is 2.47 bits per heavy atom. The van der Waals surface area contributed by atoms with Crippen LogP contribution in [0.4, 0.5) is 5.69 Å². The number of aromatic nitrogens is 1. The van der Waals surface area contributed by atoms with Crippen LogP contribution < -0.4 is 5.32 Å². The quantitative estimate of drug-likeness (QED) is 0.888. The van der Waals surface area contributed by atoms with Gasteiger partial charge in [0.25, 0.3) is 0 Å². The summed E-state index contributed by atoms with van der Waals surface area (Å²) < 4.78 is 5.24. The summed E-state index contributed by atoms with van der Waals surface area (Å²) in [6.45, 7) is 6.47. The Morgan fingerprint density at radius 2 is 1.95 bits per heavy atom. The Labute approximate surface area is 114 Å². The van der Waals surface area contributed by atoms with Crippen LogP contribution in [0.3, 0.4) is 0 Å². The van der Waals surface area contributed by atoms with Gasteiger partial charge in [0.05, 0.1) is 0 Å². The molecule has 1 N–H and O–H groups in total. The van der Waals surface area contributed by atoms with E-state index < -0.39 is 0 Å². The van der Waals surface area contributed by atoms with Crippen LogP contribution in [0.1, 0.15) is 32.6 Å². The predicted molar refractivity (Wildman–Crippen MR) is 77.1 cm³/mol. The largest absolute Gasteiger partial charge is 0.449 e. The predicted octanol–water partition coefficient (Wildman–Crippen LogP) is 4.25. The number of hydrogen-bond acceptors (Lipinski definition) is 3. The fourth-order valence-corrected chi connectivity index (χ4v) is 2.29. The summed E-state index contributed by atoms with van der Waals surface area (Å²) in [6.07, 6.45) is 4.36. The van der Waals surface area contributed by atoms with Gasteiger partial charge in [0.15, 0.2) is 5.89 Å². The molecule has 0 aliphatic heterocycles. The molecule has 0 radical (unpaired) electrons. The van der Waals surface area contributed by atoms with Crippen molar-refractivity contribution in [1.82, 2.24) is 4.98 Å². The van der Waals surface area contributed by atoms with E-state index in [0.717, 1.165) is 11.3 Å². The second-order valence-electron chi connectivity index (χ2n) is 5.85. The number of rotatable bonds is 4. The number of hydrogen-bond donors (Lipinski definition) is 1. The third-order valence-corrected chi connectivity index (χ3v) is 4.27. The van der Waals surface area contributed by atoms with Crippen LogP contribution in [-0.2, 0) is 0 Å². The van der Waals surface area contributed by atoms with Crippen molar-refractivity contribution in [1.29, 1.82) is 0 Å². The zero-order valence-electron chi connectivity index (χ0n) is 11.7. The molecule has 2 aromatic rings. The van der Waals surface area contributed by atoms with Gasteiger partial charge in [0.2, 0.25) is 0 Å². The van der Waals surface area contributed by atoms with Crippen LogP contribution in [0.15, 0.2) is 34.9 Å². The van der Waals surface area contributed by atoms with Gasteiger partial charge in [-0.25, -0.2) is 4.98 Å². The Hall–Kier alpha value is -1.77. The minimum absolute atomic E-state index is 0.488. The van der Waals surface area contributed by atoms with E-state index in [1.54, 1.807) is 6.26 Å².